The third-order valence-electron chi connectivity index (χ3n) is 1.53. The zero-order chi connectivity index (χ0) is 7.82. The van der Waals surface area contributed by atoms with Gasteiger partial charge in [0.2, 0.25) is 0 Å². The Hall–Kier alpha value is 0.270. The van der Waals surface area contributed by atoms with Crippen molar-refractivity contribution in [3.63, 3.8) is 0 Å². The van der Waals surface area contributed by atoms with Crippen LogP contribution >= 0.6 is 11.8 Å². The van der Waals surface area contributed by atoms with Gasteiger partial charge < -0.3 is 10.4 Å². The Labute approximate surface area is 67.4 Å². The van der Waals surface area contributed by atoms with E-state index < -0.39 is 0 Å². The van der Waals surface area contributed by atoms with Gasteiger partial charge >= 0.3 is 0 Å². The fourth-order valence-electron chi connectivity index (χ4n) is 0.801. The normalized spacial score (nSPS) is 13.5. The van der Waals surface area contributed by atoms with Gasteiger partial charge in [-0.25, -0.2) is 0 Å². The van der Waals surface area contributed by atoms with Gasteiger partial charge in [0, 0.05) is 6.04 Å². The molecule has 0 heterocycles. The van der Waals surface area contributed by atoms with Crippen LogP contribution in [-0.4, -0.2) is 36.8 Å². The minimum absolute atomic E-state index is 0.255. The zero-order valence-corrected chi connectivity index (χ0v) is 7.58. The molecule has 1 unspecified atom stereocenters. The summed E-state index contributed by atoms with van der Waals surface area (Å²) in [6, 6.07) is 0.298. The van der Waals surface area contributed by atoms with E-state index in [0.717, 1.165) is 6.42 Å². The number of aliphatic hydroxyl groups excluding tert-OH is 1. The van der Waals surface area contributed by atoms with Crippen LogP contribution in [0.3, 0.4) is 0 Å². The van der Waals surface area contributed by atoms with Crippen LogP contribution in [0.2, 0.25) is 0 Å². The molecule has 62 valence electrons. The highest BCUT2D eigenvalue weighted by molar-refractivity contribution is 7.98. The number of hydrogen-bond donors (Lipinski definition) is 2. The summed E-state index contributed by atoms with van der Waals surface area (Å²) < 4.78 is 0. The standard InChI is InChI=1S/C7H17NOS/c1-8-7(6-9)4-3-5-10-2/h7-9H,3-6H2,1-2H3. The minimum Gasteiger partial charge on any atom is -0.395 e. The highest BCUT2D eigenvalue weighted by Crippen LogP contribution is 2.01. The molecule has 0 aliphatic carbocycles. The van der Waals surface area contributed by atoms with Gasteiger partial charge in [-0.2, -0.15) is 11.8 Å². The van der Waals surface area contributed by atoms with Crippen LogP contribution in [0.4, 0.5) is 0 Å². The molecule has 2 N–H and O–H groups in total. The van der Waals surface area contributed by atoms with Crippen LogP contribution in [0.15, 0.2) is 0 Å². The van der Waals surface area contributed by atoms with Crippen molar-refractivity contribution in [2.24, 2.45) is 0 Å². The third kappa shape index (κ3) is 5.09. The zero-order valence-electron chi connectivity index (χ0n) is 6.76. The molecule has 0 fully saturated rings. The molecule has 0 aromatic heterocycles. The Morgan fingerprint density at radius 3 is 2.70 bits per heavy atom. The number of aliphatic hydroxyl groups is 1. The van der Waals surface area contributed by atoms with Gasteiger partial charge in [0.25, 0.3) is 0 Å². The summed E-state index contributed by atoms with van der Waals surface area (Å²) in [6.45, 7) is 0.255. The molecule has 0 spiro atoms. The van der Waals surface area contributed by atoms with Crippen molar-refractivity contribution in [1.82, 2.24) is 5.32 Å². The molecule has 0 saturated heterocycles. The second-order valence-electron chi connectivity index (χ2n) is 2.30. The van der Waals surface area contributed by atoms with Crippen LogP contribution in [-0.2, 0) is 0 Å². The Balaban J connectivity index is 3.09. The molecule has 10 heavy (non-hydrogen) atoms. The second kappa shape index (κ2) is 7.38. The quantitative estimate of drug-likeness (QED) is 0.566. The first-order valence-corrected chi connectivity index (χ1v) is 5.01. The molecule has 0 bridgehead atoms. The predicted molar refractivity (Wildman–Crippen MR) is 47.5 cm³/mol. The minimum atomic E-state index is 0.255. The fraction of sp³-hybridized carbons (Fsp3) is 1.00. The molecule has 0 radical (unpaired) electrons. The van der Waals surface area contributed by atoms with E-state index in [0.29, 0.717) is 6.04 Å². The summed E-state index contributed by atoms with van der Waals surface area (Å²) >= 11 is 1.86. The SMILES string of the molecule is CNC(CO)CCCSC. The molecule has 0 aromatic rings. The van der Waals surface area contributed by atoms with Crippen molar-refractivity contribution in [2.45, 2.75) is 18.9 Å². The van der Waals surface area contributed by atoms with Gasteiger partial charge in [-0.15, -0.1) is 0 Å². The van der Waals surface area contributed by atoms with Crippen LogP contribution in [0.1, 0.15) is 12.8 Å². The molecule has 0 aliphatic heterocycles. The van der Waals surface area contributed by atoms with E-state index in [2.05, 4.69) is 11.6 Å². The lowest BCUT2D eigenvalue weighted by Gasteiger charge is -2.11. The fourth-order valence-corrected chi connectivity index (χ4v) is 1.26. The van der Waals surface area contributed by atoms with Crippen molar-refractivity contribution < 1.29 is 5.11 Å². The smallest absolute Gasteiger partial charge is 0.0584 e. The van der Waals surface area contributed by atoms with Crippen molar-refractivity contribution in [1.29, 1.82) is 0 Å². The molecule has 0 rings (SSSR count). The van der Waals surface area contributed by atoms with Gasteiger partial charge in [0.15, 0.2) is 0 Å². The lowest BCUT2D eigenvalue weighted by atomic mass is 10.2. The van der Waals surface area contributed by atoms with E-state index in [-0.39, 0.29) is 6.61 Å². The molecule has 0 aromatic carbocycles. The van der Waals surface area contributed by atoms with Gasteiger partial charge in [-0.1, -0.05) is 0 Å². The summed E-state index contributed by atoms with van der Waals surface area (Å²) in [5.41, 5.74) is 0. The van der Waals surface area contributed by atoms with E-state index in [9.17, 15) is 0 Å². The number of likely N-dealkylation sites (N-methyl/N-ethyl adjacent to an activating group) is 1. The summed E-state index contributed by atoms with van der Waals surface area (Å²) in [4.78, 5) is 0. The Bertz CT molecular complexity index is 66.6. The van der Waals surface area contributed by atoms with Crippen LogP contribution in [0.25, 0.3) is 0 Å². The molecule has 0 amide bonds. The van der Waals surface area contributed by atoms with Gasteiger partial charge in [0.1, 0.15) is 0 Å². The van der Waals surface area contributed by atoms with Crippen LogP contribution in [0, 0.1) is 0 Å². The summed E-state index contributed by atoms with van der Waals surface area (Å²) in [7, 11) is 1.89. The molecule has 0 saturated carbocycles. The molecule has 3 heteroatoms. The molecule has 2 nitrogen and oxygen atoms in total. The highest BCUT2D eigenvalue weighted by Gasteiger charge is 2.01. The Kier molecular flexibility index (Phi) is 7.58. The van der Waals surface area contributed by atoms with Crippen LogP contribution < -0.4 is 5.32 Å². The Morgan fingerprint density at radius 1 is 1.60 bits per heavy atom. The first kappa shape index (κ1) is 10.3. The maximum Gasteiger partial charge on any atom is 0.0584 e. The molecular formula is C7H17NOS. The lowest BCUT2D eigenvalue weighted by molar-refractivity contribution is 0.242. The van der Waals surface area contributed by atoms with E-state index in [4.69, 9.17) is 5.11 Å². The first-order valence-electron chi connectivity index (χ1n) is 3.62. The summed E-state index contributed by atoms with van der Waals surface area (Å²) in [5.74, 6) is 1.19. The number of nitrogens with one attached hydrogen (secondary N) is 1. The number of thioether (sulfide) groups is 1. The number of rotatable bonds is 6. The van der Waals surface area contributed by atoms with Gasteiger partial charge in [-0.05, 0) is 31.9 Å². The molecule has 0 aliphatic rings. The maximum atomic E-state index is 8.76. The van der Waals surface area contributed by atoms with E-state index in [1.54, 1.807) is 0 Å². The van der Waals surface area contributed by atoms with Crippen molar-refractivity contribution in [2.75, 3.05) is 25.7 Å². The second-order valence-corrected chi connectivity index (χ2v) is 3.29. The largest absolute Gasteiger partial charge is 0.395 e. The van der Waals surface area contributed by atoms with E-state index in [1.807, 2.05) is 18.8 Å². The molecule has 1 atom stereocenters. The van der Waals surface area contributed by atoms with Crippen molar-refractivity contribution >= 4 is 11.8 Å². The predicted octanol–water partition coefficient (Wildman–Crippen LogP) is 0.710. The summed E-state index contributed by atoms with van der Waals surface area (Å²) in [5, 5.41) is 11.8. The topological polar surface area (TPSA) is 32.3 Å². The van der Waals surface area contributed by atoms with E-state index >= 15 is 0 Å². The van der Waals surface area contributed by atoms with E-state index in [1.165, 1.54) is 12.2 Å². The average Bonchev–Trinajstić information content (AvgIpc) is 1.99. The average molecular weight is 163 g/mol. The van der Waals surface area contributed by atoms with Crippen molar-refractivity contribution in [3.05, 3.63) is 0 Å². The van der Waals surface area contributed by atoms with Gasteiger partial charge in [-0.3, -0.25) is 0 Å². The monoisotopic (exact) mass is 163 g/mol. The lowest BCUT2D eigenvalue weighted by Crippen LogP contribution is -2.28. The highest BCUT2D eigenvalue weighted by atomic mass is 32.2. The third-order valence-corrected chi connectivity index (χ3v) is 2.23. The summed E-state index contributed by atoms with van der Waals surface area (Å²) in [6.07, 6.45) is 4.37. The molecular weight excluding hydrogens is 146 g/mol. The van der Waals surface area contributed by atoms with Crippen molar-refractivity contribution in [3.8, 4) is 0 Å². The number of hydrogen-bond acceptors (Lipinski definition) is 3. The Morgan fingerprint density at radius 2 is 2.30 bits per heavy atom. The maximum absolute atomic E-state index is 8.76. The first-order chi connectivity index (χ1) is 4.85. The van der Waals surface area contributed by atoms with Gasteiger partial charge in [0.05, 0.1) is 6.61 Å². The van der Waals surface area contributed by atoms with Crippen LogP contribution in [0.5, 0.6) is 0 Å².